The highest BCUT2D eigenvalue weighted by molar-refractivity contribution is 5.64. The van der Waals surface area contributed by atoms with Gasteiger partial charge in [0.15, 0.2) is 5.82 Å². The molecule has 1 unspecified atom stereocenters. The van der Waals surface area contributed by atoms with Gasteiger partial charge in [-0.2, -0.15) is 0 Å². The van der Waals surface area contributed by atoms with Gasteiger partial charge in [-0.15, -0.1) is 0 Å². The Labute approximate surface area is 213 Å². The zero-order chi connectivity index (χ0) is 25.0. The fraction of sp³-hybridized carbons (Fsp3) is 0.630. The molecule has 3 saturated heterocycles. The Morgan fingerprint density at radius 2 is 1.89 bits per heavy atom. The van der Waals surface area contributed by atoms with Crippen LogP contribution in [0.1, 0.15) is 25.7 Å². The lowest BCUT2D eigenvalue weighted by Gasteiger charge is -2.52. The predicted molar refractivity (Wildman–Crippen MR) is 140 cm³/mol. The van der Waals surface area contributed by atoms with E-state index in [-0.39, 0.29) is 6.61 Å². The number of nitrogens with one attached hydrogen (secondary N) is 1. The van der Waals surface area contributed by atoms with E-state index in [1.54, 1.807) is 0 Å². The second-order valence-corrected chi connectivity index (χ2v) is 10.4. The van der Waals surface area contributed by atoms with Gasteiger partial charge in [-0.3, -0.25) is 0 Å². The van der Waals surface area contributed by atoms with E-state index in [4.69, 9.17) is 24.2 Å². The largest absolute Gasteiger partial charge is 0.491 e. The number of rotatable bonds is 9. The summed E-state index contributed by atoms with van der Waals surface area (Å²) in [5.74, 6) is 3.30. The maximum absolute atomic E-state index is 10.0. The van der Waals surface area contributed by atoms with E-state index in [9.17, 15) is 5.11 Å². The van der Waals surface area contributed by atoms with Crippen molar-refractivity contribution >= 4 is 11.6 Å². The Morgan fingerprint density at radius 1 is 1.14 bits per heavy atom. The fourth-order valence-electron chi connectivity index (χ4n) is 5.41. The van der Waals surface area contributed by atoms with E-state index in [1.807, 2.05) is 31.3 Å². The minimum absolute atomic E-state index is 0.225. The standard InChI is InChI=1S/C27H39N5O4/c1-28-16-22(33)17-36-23-5-3-4-20(14-23)26-29-24(31(2)21-6-10-34-11-7-21)15-25(30-26)32-18-27(19-32)8-12-35-13-9-27/h3-5,14-15,21-22,28,33H,6-13,16-19H2,1-2H3. The molecule has 2 N–H and O–H groups in total. The lowest BCUT2D eigenvalue weighted by atomic mass is 9.73. The van der Waals surface area contributed by atoms with Crippen molar-refractivity contribution < 1.29 is 19.3 Å². The molecule has 1 aromatic carbocycles. The first kappa shape index (κ1) is 25.2. The molecule has 9 nitrogen and oxygen atoms in total. The van der Waals surface area contributed by atoms with Gasteiger partial charge in [-0.05, 0) is 44.9 Å². The van der Waals surface area contributed by atoms with Gasteiger partial charge < -0.3 is 34.4 Å². The van der Waals surface area contributed by atoms with Crippen LogP contribution in [0.2, 0.25) is 0 Å². The molecule has 0 amide bonds. The summed E-state index contributed by atoms with van der Waals surface area (Å²) in [6.45, 7) is 6.02. The van der Waals surface area contributed by atoms with Gasteiger partial charge in [0, 0.05) is 76.2 Å². The molecule has 1 aromatic heterocycles. The Hall–Kier alpha value is -2.46. The molecule has 3 fully saturated rings. The van der Waals surface area contributed by atoms with E-state index in [1.165, 1.54) is 0 Å². The maximum Gasteiger partial charge on any atom is 0.163 e. The zero-order valence-corrected chi connectivity index (χ0v) is 21.5. The highest BCUT2D eigenvalue weighted by atomic mass is 16.5. The van der Waals surface area contributed by atoms with Crippen molar-refractivity contribution in [3.05, 3.63) is 30.3 Å². The Morgan fingerprint density at radius 3 is 2.64 bits per heavy atom. The van der Waals surface area contributed by atoms with Crippen LogP contribution in [-0.2, 0) is 9.47 Å². The minimum Gasteiger partial charge on any atom is -0.491 e. The normalized spacial score (nSPS) is 20.7. The average Bonchev–Trinajstić information content (AvgIpc) is 2.91. The van der Waals surface area contributed by atoms with Crippen molar-refractivity contribution in [2.45, 2.75) is 37.8 Å². The SMILES string of the molecule is CNCC(O)COc1cccc(-c2nc(N3CC4(CCOCC4)C3)cc(N(C)C3CCOCC3)n2)c1. The molecule has 9 heteroatoms. The number of nitrogens with zero attached hydrogens (tertiary/aromatic N) is 4. The summed E-state index contributed by atoms with van der Waals surface area (Å²) < 4.78 is 17.0. The van der Waals surface area contributed by atoms with Crippen LogP contribution in [0.15, 0.2) is 30.3 Å². The van der Waals surface area contributed by atoms with Crippen LogP contribution in [0, 0.1) is 5.41 Å². The van der Waals surface area contributed by atoms with E-state index < -0.39 is 6.10 Å². The van der Waals surface area contributed by atoms with Gasteiger partial charge in [-0.1, -0.05) is 12.1 Å². The smallest absolute Gasteiger partial charge is 0.163 e. The number of likely N-dealkylation sites (N-methyl/N-ethyl adjacent to an activating group) is 1. The molecule has 4 heterocycles. The van der Waals surface area contributed by atoms with Crippen LogP contribution in [0.25, 0.3) is 11.4 Å². The fourth-order valence-corrected chi connectivity index (χ4v) is 5.41. The average molecular weight is 498 g/mol. The summed E-state index contributed by atoms with van der Waals surface area (Å²) in [6, 6.07) is 10.4. The van der Waals surface area contributed by atoms with Crippen molar-refractivity contribution in [1.82, 2.24) is 15.3 Å². The third kappa shape index (κ3) is 5.75. The van der Waals surface area contributed by atoms with Crippen LogP contribution in [0.3, 0.4) is 0 Å². The molecule has 196 valence electrons. The molecular formula is C27H39N5O4. The zero-order valence-electron chi connectivity index (χ0n) is 21.5. The van der Waals surface area contributed by atoms with Crippen LogP contribution >= 0.6 is 0 Å². The van der Waals surface area contributed by atoms with Gasteiger partial charge in [0.2, 0.25) is 0 Å². The number of benzene rings is 1. The van der Waals surface area contributed by atoms with Crippen LogP contribution < -0.4 is 19.9 Å². The molecule has 3 aliphatic rings. The molecule has 0 aliphatic carbocycles. The predicted octanol–water partition coefficient (Wildman–Crippen LogP) is 2.33. The number of hydrogen-bond donors (Lipinski definition) is 2. The summed E-state index contributed by atoms with van der Waals surface area (Å²) >= 11 is 0. The first-order valence-corrected chi connectivity index (χ1v) is 13.1. The lowest BCUT2D eigenvalue weighted by molar-refractivity contribution is -0.000455. The van der Waals surface area contributed by atoms with Crippen LogP contribution in [0.5, 0.6) is 5.75 Å². The second-order valence-electron chi connectivity index (χ2n) is 10.4. The van der Waals surface area contributed by atoms with Crippen molar-refractivity contribution in [3.8, 4) is 17.1 Å². The number of aliphatic hydroxyl groups is 1. The molecule has 0 radical (unpaired) electrons. The number of anilines is 2. The topological polar surface area (TPSA) is 92.2 Å². The summed E-state index contributed by atoms with van der Waals surface area (Å²) in [7, 11) is 3.94. The van der Waals surface area contributed by atoms with Gasteiger partial charge >= 0.3 is 0 Å². The van der Waals surface area contributed by atoms with Gasteiger partial charge in [0.25, 0.3) is 0 Å². The Bertz CT molecular complexity index is 1000. The maximum atomic E-state index is 10.0. The molecule has 5 rings (SSSR count). The summed E-state index contributed by atoms with van der Waals surface area (Å²) in [5, 5.41) is 13.0. The first-order valence-electron chi connectivity index (χ1n) is 13.1. The highest BCUT2D eigenvalue weighted by Gasteiger charge is 2.44. The van der Waals surface area contributed by atoms with Crippen molar-refractivity contribution in [2.24, 2.45) is 5.41 Å². The highest BCUT2D eigenvalue weighted by Crippen LogP contribution is 2.42. The number of aromatic nitrogens is 2. The van der Waals surface area contributed by atoms with E-state index in [0.29, 0.717) is 29.6 Å². The molecule has 0 bridgehead atoms. The second kappa shape index (κ2) is 11.3. The molecule has 36 heavy (non-hydrogen) atoms. The van der Waals surface area contributed by atoms with Crippen molar-refractivity contribution in [1.29, 1.82) is 0 Å². The third-order valence-electron chi connectivity index (χ3n) is 7.70. The van der Waals surface area contributed by atoms with E-state index >= 15 is 0 Å². The Kier molecular flexibility index (Phi) is 7.90. The molecule has 3 aliphatic heterocycles. The first-order chi connectivity index (χ1) is 17.5. The minimum atomic E-state index is -0.568. The van der Waals surface area contributed by atoms with E-state index in [0.717, 1.165) is 82.4 Å². The molecule has 0 saturated carbocycles. The summed E-state index contributed by atoms with van der Waals surface area (Å²) in [4.78, 5) is 14.7. The number of ether oxygens (including phenoxy) is 3. The lowest BCUT2D eigenvalue weighted by Crippen LogP contribution is -2.58. The van der Waals surface area contributed by atoms with Gasteiger partial charge in [0.1, 0.15) is 30.1 Å². The van der Waals surface area contributed by atoms with Gasteiger partial charge in [-0.25, -0.2) is 9.97 Å². The molecular weight excluding hydrogens is 458 g/mol. The number of aliphatic hydroxyl groups excluding tert-OH is 1. The molecule has 2 aromatic rings. The van der Waals surface area contributed by atoms with Crippen LogP contribution in [-0.4, -0.2) is 94.0 Å². The van der Waals surface area contributed by atoms with Gasteiger partial charge in [0.05, 0.1) is 0 Å². The summed E-state index contributed by atoms with van der Waals surface area (Å²) in [6.07, 6.45) is 3.67. The number of hydrogen-bond acceptors (Lipinski definition) is 9. The molecule has 1 spiro atoms. The van der Waals surface area contributed by atoms with Crippen molar-refractivity contribution in [2.75, 3.05) is 76.6 Å². The molecule has 1 atom stereocenters. The quantitative estimate of drug-likeness (QED) is 0.542. The van der Waals surface area contributed by atoms with Crippen LogP contribution in [0.4, 0.5) is 11.6 Å². The third-order valence-corrected chi connectivity index (χ3v) is 7.70. The Balaban J connectivity index is 1.40. The van der Waals surface area contributed by atoms with Crippen molar-refractivity contribution in [3.63, 3.8) is 0 Å². The monoisotopic (exact) mass is 497 g/mol. The summed E-state index contributed by atoms with van der Waals surface area (Å²) in [5.41, 5.74) is 1.26. The van der Waals surface area contributed by atoms with E-state index in [2.05, 4.69) is 28.2 Å².